The summed E-state index contributed by atoms with van der Waals surface area (Å²) in [6, 6.07) is 14.8. The molecule has 180 valence electrons. The minimum atomic E-state index is -1.05. The summed E-state index contributed by atoms with van der Waals surface area (Å²) in [7, 11) is 0. The minimum absolute atomic E-state index is 0.0671. The number of H-pyrrole nitrogens is 1. The Morgan fingerprint density at radius 1 is 1.00 bits per heavy atom. The van der Waals surface area contributed by atoms with Crippen molar-refractivity contribution in [1.82, 2.24) is 21.1 Å². The van der Waals surface area contributed by atoms with Crippen LogP contribution in [-0.4, -0.2) is 40.2 Å². The van der Waals surface area contributed by atoms with Gasteiger partial charge in [-0.05, 0) is 23.1 Å². The van der Waals surface area contributed by atoms with Gasteiger partial charge in [0, 0.05) is 23.5 Å². The van der Waals surface area contributed by atoms with E-state index in [1.54, 1.807) is 11.7 Å². The lowest BCUT2D eigenvalue weighted by molar-refractivity contribution is -0.135. The first kappa shape index (κ1) is 24.8. The van der Waals surface area contributed by atoms with Crippen LogP contribution in [0.15, 0.2) is 60.8 Å². The minimum Gasteiger partial charge on any atom is -0.445 e. The van der Waals surface area contributed by atoms with Crippen LogP contribution < -0.4 is 16.1 Å². The van der Waals surface area contributed by atoms with Crippen LogP contribution in [0.1, 0.15) is 31.4 Å². The molecule has 0 unspecified atom stereocenters. The fraction of sp³-hybridized carbons (Fsp3) is 0.320. The molecule has 0 aliphatic rings. The van der Waals surface area contributed by atoms with Crippen LogP contribution in [0.5, 0.6) is 0 Å². The Morgan fingerprint density at radius 3 is 2.41 bits per heavy atom. The predicted octanol–water partition coefficient (Wildman–Crippen LogP) is 3.04. The normalized spacial score (nSPS) is 13.5. The van der Waals surface area contributed by atoms with Gasteiger partial charge in [0.1, 0.15) is 18.7 Å². The Bertz CT molecular complexity index is 1110. The molecule has 3 atom stereocenters. The van der Waals surface area contributed by atoms with Gasteiger partial charge in [-0.15, -0.1) is 0 Å². The molecule has 0 saturated carbocycles. The number of carbonyl (C=O) groups is 3. The number of hydrogen-bond acceptors (Lipinski definition) is 5. The average molecular weight is 467 g/mol. The quantitative estimate of drug-likeness (QED) is 0.231. The lowest BCUT2D eigenvalue weighted by atomic mass is 9.97. The van der Waals surface area contributed by atoms with Crippen molar-refractivity contribution in [3.8, 4) is 0 Å². The number of alkyl carbamates (subject to hydrolysis) is 1. The first-order valence-corrected chi connectivity index (χ1v) is 11.2. The first-order chi connectivity index (χ1) is 16.4. The van der Waals surface area contributed by atoms with Gasteiger partial charge in [-0.2, -0.15) is 0 Å². The number of para-hydroxylation sites is 1. The Labute approximate surface area is 197 Å². The molecule has 0 saturated heterocycles. The standard InChI is InChI=1S/C25H30N4O5/c1-3-16(2)22(28-25(32)34-15-17-9-5-4-6-10-17)24(31)27-21(23(30)29-33)13-18-14-26-20-12-8-7-11-19(18)20/h4-12,14,16,21-22,26,33H,3,13,15H2,1-2H3,(H,27,31)(H,28,32)(H,29,30)/t16-,21+,22+/m0/s1. The summed E-state index contributed by atoms with van der Waals surface area (Å²) in [6.07, 6.45) is 1.79. The van der Waals surface area contributed by atoms with Crippen LogP contribution in [0.3, 0.4) is 0 Å². The molecule has 1 heterocycles. The van der Waals surface area contributed by atoms with Crippen LogP contribution in [-0.2, 0) is 27.4 Å². The van der Waals surface area contributed by atoms with E-state index in [4.69, 9.17) is 4.74 Å². The van der Waals surface area contributed by atoms with Gasteiger partial charge >= 0.3 is 6.09 Å². The van der Waals surface area contributed by atoms with Crippen molar-refractivity contribution in [2.75, 3.05) is 0 Å². The maximum Gasteiger partial charge on any atom is 0.408 e. The number of amides is 3. The number of fused-ring (bicyclic) bond motifs is 1. The van der Waals surface area contributed by atoms with Gasteiger partial charge in [0.2, 0.25) is 5.91 Å². The fourth-order valence-corrected chi connectivity index (χ4v) is 3.66. The molecule has 0 bridgehead atoms. The van der Waals surface area contributed by atoms with Gasteiger partial charge in [-0.25, -0.2) is 10.3 Å². The van der Waals surface area contributed by atoms with Gasteiger partial charge in [-0.3, -0.25) is 14.8 Å². The lowest BCUT2D eigenvalue weighted by Gasteiger charge is -2.25. The number of benzene rings is 2. The van der Waals surface area contributed by atoms with Gasteiger partial charge in [0.25, 0.3) is 5.91 Å². The van der Waals surface area contributed by atoms with E-state index in [9.17, 15) is 19.6 Å². The van der Waals surface area contributed by atoms with Gasteiger partial charge < -0.3 is 20.4 Å². The van der Waals surface area contributed by atoms with E-state index in [1.165, 1.54) is 0 Å². The zero-order valence-electron chi connectivity index (χ0n) is 19.2. The molecule has 34 heavy (non-hydrogen) atoms. The monoisotopic (exact) mass is 466 g/mol. The number of ether oxygens (including phenoxy) is 1. The molecule has 3 amide bonds. The molecular weight excluding hydrogens is 436 g/mol. The third-order valence-corrected chi connectivity index (χ3v) is 5.82. The highest BCUT2D eigenvalue weighted by molar-refractivity contribution is 5.92. The zero-order chi connectivity index (χ0) is 24.5. The summed E-state index contributed by atoms with van der Waals surface area (Å²) in [4.78, 5) is 41.0. The van der Waals surface area contributed by atoms with Crippen LogP contribution in [0.25, 0.3) is 10.9 Å². The maximum absolute atomic E-state index is 13.1. The summed E-state index contributed by atoms with van der Waals surface area (Å²) in [5.74, 6) is -1.53. The molecule has 3 aromatic rings. The highest BCUT2D eigenvalue weighted by Crippen LogP contribution is 2.19. The Hall–Kier alpha value is -3.85. The second-order valence-corrected chi connectivity index (χ2v) is 8.17. The lowest BCUT2D eigenvalue weighted by Crippen LogP contribution is -2.56. The molecule has 9 nitrogen and oxygen atoms in total. The van der Waals surface area contributed by atoms with E-state index in [1.807, 2.05) is 68.4 Å². The third kappa shape index (κ3) is 6.35. The molecule has 0 aliphatic heterocycles. The van der Waals surface area contributed by atoms with Crippen molar-refractivity contribution in [3.63, 3.8) is 0 Å². The van der Waals surface area contributed by atoms with E-state index < -0.39 is 30.0 Å². The summed E-state index contributed by atoms with van der Waals surface area (Å²) >= 11 is 0. The highest BCUT2D eigenvalue weighted by atomic mass is 16.5. The predicted molar refractivity (Wildman–Crippen MR) is 127 cm³/mol. The van der Waals surface area contributed by atoms with E-state index in [0.717, 1.165) is 22.0 Å². The van der Waals surface area contributed by atoms with Crippen molar-refractivity contribution < 1.29 is 24.3 Å². The van der Waals surface area contributed by atoms with Crippen molar-refractivity contribution in [3.05, 3.63) is 71.9 Å². The Morgan fingerprint density at radius 2 is 1.71 bits per heavy atom. The summed E-state index contributed by atoms with van der Waals surface area (Å²) in [5.41, 5.74) is 4.14. The number of hydrogen-bond donors (Lipinski definition) is 5. The van der Waals surface area contributed by atoms with E-state index in [0.29, 0.717) is 6.42 Å². The molecular formula is C25H30N4O5. The average Bonchev–Trinajstić information content (AvgIpc) is 3.28. The Kier molecular flexibility index (Phi) is 8.64. The summed E-state index contributed by atoms with van der Waals surface area (Å²) in [5, 5.41) is 15.4. The highest BCUT2D eigenvalue weighted by Gasteiger charge is 2.30. The van der Waals surface area contributed by atoms with Crippen LogP contribution in [0.4, 0.5) is 4.79 Å². The molecule has 5 N–H and O–H groups in total. The number of rotatable bonds is 10. The van der Waals surface area contributed by atoms with Crippen LogP contribution in [0.2, 0.25) is 0 Å². The SMILES string of the molecule is CC[C@H](C)[C@@H](NC(=O)OCc1ccccc1)C(=O)N[C@H](Cc1c[nH]c2ccccc12)C(=O)NO. The maximum atomic E-state index is 13.1. The molecule has 0 spiro atoms. The molecule has 0 radical (unpaired) electrons. The van der Waals surface area contributed by atoms with E-state index >= 15 is 0 Å². The zero-order valence-corrected chi connectivity index (χ0v) is 19.2. The number of carbonyl (C=O) groups excluding carboxylic acids is 3. The summed E-state index contributed by atoms with van der Waals surface area (Å²) in [6.45, 7) is 3.78. The van der Waals surface area contributed by atoms with Gasteiger partial charge in [0.05, 0.1) is 0 Å². The smallest absolute Gasteiger partial charge is 0.408 e. The third-order valence-electron chi connectivity index (χ3n) is 5.82. The summed E-state index contributed by atoms with van der Waals surface area (Å²) < 4.78 is 5.26. The molecule has 1 aromatic heterocycles. The molecule has 9 heteroatoms. The molecule has 0 fully saturated rings. The second kappa shape index (κ2) is 11.9. The molecule has 2 aromatic carbocycles. The first-order valence-electron chi connectivity index (χ1n) is 11.2. The van der Waals surface area contributed by atoms with Gasteiger partial charge in [0.15, 0.2) is 0 Å². The van der Waals surface area contributed by atoms with Crippen molar-refractivity contribution in [1.29, 1.82) is 0 Å². The topological polar surface area (TPSA) is 133 Å². The van der Waals surface area contributed by atoms with Crippen LogP contribution >= 0.6 is 0 Å². The largest absolute Gasteiger partial charge is 0.445 e. The second-order valence-electron chi connectivity index (χ2n) is 8.17. The van der Waals surface area contributed by atoms with Crippen molar-refractivity contribution >= 4 is 28.8 Å². The van der Waals surface area contributed by atoms with Gasteiger partial charge in [-0.1, -0.05) is 68.8 Å². The molecule has 0 aliphatic carbocycles. The van der Waals surface area contributed by atoms with E-state index in [2.05, 4.69) is 15.6 Å². The van der Waals surface area contributed by atoms with Crippen molar-refractivity contribution in [2.24, 2.45) is 5.92 Å². The van der Waals surface area contributed by atoms with Crippen molar-refractivity contribution in [2.45, 2.75) is 45.4 Å². The number of hydroxylamine groups is 1. The number of nitrogens with one attached hydrogen (secondary N) is 4. The van der Waals surface area contributed by atoms with E-state index in [-0.39, 0.29) is 18.9 Å². The number of aromatic amines is 1. The molecule has 3 rings (SSSR count). The Balaban J connectivity index is 1.69. The number of aromatic nitrogens is 1. The fourth-order valence-electron chi connectivity index (χ4n) is 3.66. The van der Waals surface area contributed by atoms with Crippen LogP contribution in [0, 0.1) is 5.92 Å².